The minimum absolute atomic E-state index is 0.245. The van der Waals surface area contributed by atoms with E-state index < -0.39 is 0 Å². The Hall–Kier alpha value is -2.26. The van der Waals surface area contributed by atoms with Gasteiger partial charge in [0.1, 0.15) is 0 Å². The third-order valence-corrected chi connectivity index (χ3v) is 4.25. The largest absolute Gasteiger partial charge is 0.299 e. The van der Waals surface area contributed by atoms with E-state index in [1.807, 2.05) is 0 Å². The highest BCUT2D eigenvalue weighted by Gasteiger charge is 2.16. The zero-order valence-electron chi connectivity index (χ0n) is 14.3. The van der Waals surface area contributed by atoms with Gasteiger partial charge in [0, 0.05) is 30.2 Å². The van der Waals surface area contributed by atoms with E-state index in [9.17, 15) is 0 Å². The van der Waals surface area contributed by atoms with Crippen LogP contribution < -0.4 is 10.3 Å². The van der Waals surface area contributed by atoms with Gasteiger partial charge >= 0.3 is 0 Å². The van der Waals surface area contributed by atoms with Crippen molar-refractivity contribution in [3.05, 3.63) is 60.8 Å². The number of hydrogen-bond acceptors (Lipinski definition) is 2. The topological polar surface area (TPSA) is 20.2 Å². The molecule has 23 heavy (non-hydrogen) atoms. The maximum absolute atomic E-state index is 3.56. The molecule has 0 saturated carbocycles. The van der Waals surface area contributed by atoms with Gasteiger partial charge in [-0.1, -0.05) is 48.5 Å². The van der Waals surface area contributed by atoms with E-state index in [0.29, 0.717) is 6.04 Å². The van der Waals surface area contributed by atoms with Gasteiger partial charge in [-0.25, -0.2) is 0 Å². The summed E-state index contributed by atoms with van der Waals surface area (Å²) in [4.78, 5) is 0. The first-order chi connectivity index (χ1) is 11.1. The highest BCUT2D eigenvalue weighted by molar-refractivity contribution is 5.96. The fourth-order valence-corrected chi connectivity index (χ4v) is 3.05. The van der Waals surface area contributed by atoms with Gasteiger partial charge in [-0.15, -0.1) is 0 Å². The smallest absolute Gasteiger partial charge is 0.0918 e. The lowest BCUT2D eigenvalue weighted by atomic mass is 10.1. The van der Waals surface area contributed by atoms with E-state index in [1.54, 1.807) is 0 Å². The van der Waals surface area contributed by atoms with Crippen LogP contribution in [0.4, 0.5) is 0 Å². The van der Waals surface area contributed by atoms with Crippen molar-refractivity contribution in [2.75, 3.05) is 12.1 Å². The summed E-state index contributed by atoms with van der Waals surface area (Å²) in [5.74, 6) is 0. The molecule has 0 bridgehead atoms. The number of rotatable bonds is 5. The van der Waals surface area contributed by atoms with Crippen LogP contribution in [0, 0.1) is 0 Å². The summed E-state index contributed by atoms with van der Waals surface area (Å²) < 4.78 is 2.25. The van der Waals surface area contributed by atoms with Gasteiger partial charge in [0.2, 0.25) is 0 Å². The van der Waals surface area contributed by atoms with Crippen LogP contribution in [0.3, 0.4) is 0 Å². The molecule has 0 aliphatic carbocycles. The van der Waals surface area contributed by atoms with E-state index in [0.717, 1.165) is 0 Å². The van der Waals surface area contributed by atoms with Crippen LogP contribution in [0.5, 0.6) is 0 Å². The van der Waals surface area contributed by atoms with Crippen molar-refractivity contribution in [3.8, 4) is 11.1 Å². The van der Waals surface area contributed by atoms with Crippen molar-refractivity contribution in [3.63, 3.8) is 0 Å². The van der Waals surface area contributed by atoms with Crippen LogP contribution >= 0.6 is 0 Å². The van der Waals surface area contributed by atoms with Crippen LogP contribution in [0.1, 0.15) is 20.8 Å². The monoisotopic (exact) mass is 307 g/mol. The van der Waals surface area contributed by atoms with E-state index in [-0.39, 0.29) is 6.17 Å². The average molecular weight is 307 g/mol. The van der Waals surface area contributed by atoms with Gasteiger partial charge < -0.3 is 0 Å². The van der Waals surface area contributed by atoms with Crippen molar-refractivity contribution in [2.45, 2.75) is 33.0 Å². The molecule has 1 N–H and O–H groups in total. The molecule has 1 heterocycles. The Labute approximate surface area is 138 Å². The lowest BCUT2D eigenvalue weighted by Gasteiger charge is -2.31. The molecule has 0 aliphatic heterocycles. The molecule has 0 aliphatic rings. The van der Waals surface area contributed by atoms with Gasteiger partial charge in [0.25, 0.3) is 0 Å². The van der Waals surface area contributed by atoms with E-state index in [2.05, 4.69) is 104 Å². The first kappa shape index (κ1) is 15.6. The molecule has 3 rings (SSSR count). The summed E-state index contributed by atoms with van der Waals surface area (Å²) in [6.45, 7) is 6.54. The van der Waals surface area contributed by atoms with Crippen LogP contribution in [-0.4, -0.2) is 23.9 Å². The summed E-state index contributed by atoms with van der Waals surface area (Å²) in [6, 6.07) is 19.6. The SMILES string of the molecule is CC(C)NC(C)N(C)n1cc(-c2ccccc2)c2ccccc21. The summed E-state index contributed by atoms with van der Waals surface area (Å²) >= 11 is 0. The highest BCUT2D eigenvalue weighted by atomic mass is 15.6. The fraction of sp³-hybridized carbons (Fsp3) is 0.300. The minimum Gasteiger partial charge on any atom is -0.299 e. The van der Waals surface area contributed by atoms with Gasteiger partial charge in [-0.2, -0.15) is 0 Å². The standard InChI is InChI=1S/C20H25N3/c1-15(2)21-16(3)22(4)23-14-19(17-10-6-5-7-11-17)18-12-8-9-13-20(18)23/h5-16,21H,1-4H3. The number of nitrogens with zero attached hydrogens (tertiary/aromatic N) is 2. The molecule has 120 valence electrons. The van der Waals surface area contributed by atoms with Crippen LogP contribution in [0.2, 0.25) is 0 Å². The van der Waals surface area contributed by atoms with E-state index in [1.165, 1.54) is 22.0 Å². The highest BCUT2D eigenvalue weighted by Crippen LogP contribution is 2.30. The second-order valence-electron chi connectivity index (χ2n) is 6.34. The Balaban J connectivity index is 2.08. The third-order valence-electron chi connectivity index (χ3n) is 4.25. The summed E-state index contributed by atoms with van der Waals surface area (Å²) in [5.41, 5.74) is 3.75. The molecular formula is C20H25N3. The number of fused-ring (bicyclic) bond motifs is 1. The Morgan fingerprint density at radius 2 is 1.57 bits per heavy atom. The Morgan fingerprint density at radius 1 is 0.913 bits per heavy atom. The number of aromatic nitrogens is 1. The second-order valence-corrected chi connectivity index (χ2v) is 6.34. The molecule has 0 fully saturated rings. The van der Waals surface area contributed by atoms with Crippen molar-refractivity contribution >= 4 is 10.9 Å². The molecular weight excluding hydrogens is 282 g/mol. The molecule has 2 aromatic carbocycles. The zero-order chi connectivity index (χ0) is 16.4. The number of hydrogen-bond donors (Lipinski definition) is 1. The minimum atomic E-state index is 0.245. The Kier molecular flexibility index (Phi) is 4.39. The number of benzene rings is 2. The Bertz CT molecular complexity index is 774. The molecule has 1 unspecified atom stereocenters. The van der Waals surface area contributed by atoms with Crippen LogP contribution in [0.15, 0.2) is 60.8 Å². The summed E-state index contributed by atoms with van der Waals surface area (Å²) in [5, 5.41) is 7.08. The van der Waals surface area contributed by atoms with E-state index in [4.69, 9.17) is 0 Å². The Morgan fingerprint density at radius 3 is 2.26 bits per heavy atom. The normalized spacial score (nSPS) is 12.7. The first-order valence-electron chi connectivity index (χ1n) is 8.22. The van der Waals surface area contributed by atoms with Crippen molar-refractivity contribution in [1.82, 2.24) is 9.99 Å². The van der Waals surface area contributed by atoms with Crippen LogP contribution in [0.25, 0.3) is 22.0 Å². The number of nitrogens with one attached hydrogen (secondary N) is 1. The van der Waals surface area contributed by atoms with Gasteiger partial charge in [-0.05, 0) is 32.4 Å². The van der Waals surface area contributed by atoms with Crippen LogP contribution in [-0.2, 0) is 0 Å². The van der Waals surface area contributed by atoms with Gasteiger partial charge in [0.05, 0.1) is 11.7 Å². The quantitative estimate of drug-likeness (QED) is 0.712. The predicted octanol–water partition coefficient (Wildman–Crippen LogP) is 4.22. The van der Waals surface area contributed by atoms with Gasteiger partial charge in [0.15, 0.2) is 0 Å². The fourth-order valence-electron chi connectivity index (χ4n) is 3.05. The molecule has 1 atom stereocenters. The summed E-state index contributed by atoms with van der Waals surface area (Å²) in [6.07, 6.45) is 2.48. The van der Waals surface area contributed by atoms with Crippen molar-refractivity contribution < 1.29 is 0 Å². The van der Waals surface area contributed by atoms with Crippen molar-refractivity contribution in [1.29, 1.82) is 0 Å². The number of para-hydroxylation sites is 1. The third kappa shape index (κ3) is 3.10. The maximum atomic E-state index is 3.56. The molecule has 3 aromatic rings. The molecule has 3 nitrogen and oxygen atoms in total. The molecule has 0 amide bonds. The average Bonchev–Trinajstić information content (AvgIpc) is 2.94. The second kappa shape index (κ2) is 6.47. The summed E-state index contributed by atoms with van der Waals surface area (Å²) in [7, 11) is 2.13. The van der Waals surface area contributed by atoms with Crippen molar-refractivity contribution in [2.24, 2.45) is 0 Å². The first-order valence-corrected chi connectivity index (χ1v) is 8.22. The molecule has 0 radical (unpaired) electrons. The molecule has 0 saturated heterocycles. The lowest BCUT2D eigenvalue weighted by Crippen LogP contribution is -2.49. The van der Waals surface area contributed by atoms with E-state index >= 15 is 0 Å². The molecule has 0 spiro atoms. The molecule has 1 aromatic heterocycles. The lowest BCUT2D eigenvalue weighted by molar-refractivity contribution is 0.428. The van der Waals surface area contributed by atoms with Gasteiger partial charge in [-0.3, -0.25) is 15.0 Å². The maximum Gasteiger partial charge on any atom is 0.0918 e. The molecule has 3 heteroatoms. The predicted molar refractivity (Wildman–Crippen MR) is 99.2 cm³/mol. The zero-order valence-corrected chi connectivity index (χ0v) is 14.3.